The third-order valence-electron chi connectivity index (χ3n) is 7.05. The lowest BCUT2D eigenvalue weighted by molar-refractivity contribution is -0.138. The van der Waals surface area contributed by atoms with Crippen molar-refractivity contribution in [1.82, 2.24) is 15.2 Å². The van der Waals surface area contributed by atoms with E-state index in [-0.39, 0.29) is 18.3 Å². The number of piperazine rings is 1. The Morgan fingerprint density at radius 1 is 1.16 bits per heavy atom. The lowest BCUT2D eigenvalue weighted by Gasteiger charge is -2.36. The number of fused-ring (bicyclic) bond motifs is 1. The van der Waals surface area contributed by atoms with Crippen LogP contribution in [0, 0.1) is 11.7 Å². The van der Waals surface area contributed by atoms with Crippen molar-refractivity contribution in [2.24, 2.45) is 5.92 Å². The van der Waals surface area contributed by atoms with Crippen LogP contribution in [0.5, 0.6) is 0 Å². The van der Waals surface area contributed by atoms with Crippen molar-refractivity contribution >= 4 is 22.6 Å². The molecule has 1 saturated heterocycles. The molecule has 1 aromatic heterocycles. The van der Waals surface area contributed by atoms with Gasteiger partial charge in [0.1, 0.15) is 11.6 Å². The van der Waals surface area contributed by atoms with Gasteiger partial charge in [0.15, 0.2) is 0 Å². The SMILES string of the molecule is O=C(O)CC(NCCCN1CCN(c2nccc3ccc(F)cc23)CC1)C1CCCCC1. The molecule has 2 fully saturated rings. The summed E-state index contributed by atoms with van der Waals surface area (Å²) in [5, 5.41) is 14.7. The van der Waals surface area contributed by atoms with Crippen molar-refractivity contribution in [1.29, 1.82) is 0 Å². The van der Waals surface area contributed by atoms with E-state index >= 15 is 0 Å². The van der Waals surface area contributed by atoms with E-state index in [1.54, 1.807) is 12.3 Å². The van der Waals surface area contributed by atoms with Crippen molar-refractivity contribution in [3.8, 4) is 0 Å². The van der Waals surface area contributed by atoms with Gasteiger partial charge in [0.2, 0.25) is 0 Å². The van der Waals surface area contributed by atoms with Gasteiger partial charge in [-0.25, -0.2) is 9.37 Å². The highest BCUT2D eigenvalue weighted by molar-refractivity contribution is 5.92. The molecule has 1 aliphatic carbocycles. The third-order valence-corrected chi connectivity index (χ3v) is 7.05. The molecule has 6 nitrogen and oxygen atoms in total. The molecule has 1 aliphatic heterocycles. The molecule has 0 bridgehead atoms. The number of rotatable bonds is 9. The van der Waals surface area contributed by atoms with E-state index in [1.807, 2.05) is 12.1 Å². The summed E-state index contributed by atoms with van der Waals surface area (Å²) in [5.41, 5.74) is 0. The van der Waals surface area contributed by atoms with Crippen LogP contribution < -0.4 is 10.2 Å². The highest BCUT2D eigenvalue weighted by atomic mass is 19.1. The minimum absolute atomic E-state index is 0.0995. The summed E-state index contributed by atoms with van der Waals surface area (Å²) >= 11 is 0. The number of carbonyl (C=O) groups is 1. The maximum atomic E-state index is 13.8. The number of aliphatic carboxylic acids is 1. The van der Waals surface area contributed by atoms with Crippen molar-refractivity contribution in [3.63, 3.8) is 0 Å². The minimum Gasteiger partial charge on any atom is -0.481 e. The predicted octanol–water partition coefficient (Wildman–Crippen LogP) is 3.90. The fourth-order valence-electron chi connectivity index (χ4n) is 5.28. The fourth-order valence-corrected chi connectivity index (χ4v) is 5.28. The van der Waals surface area contributed by atoms with E-state index in [1.165, 1.54) is 25.3 Å². The Balaban J connectivity index is 1.23. The number of nitrogens with zero attached hydrogens (tertiary/aromatic N) is 3. The molecule has 2 heterocycles. The van der Waals surface area contributed by atoms with Crippen molar-refractivity contribution in [2.75, 3.05) is 44.2 Å². The summed E-state index contributed by atoms with van der Waals surface area (Å²) in [6.45, 7) is 5.52. The van der Waals surface area contributed by atoms with Gasteiger partial charge in [-0.3, -0.25) is 9.69 Å². The number of benzene rings is 1. The number of carboxylic acid groups (broad SMARTS) is 1. The largest absolute Gasteiger partial charge is 0.481 e. The zero-order chi connectivity index (χ0) is 22.3. The quantitative estimate of drug-likeness (QED) is 0.574. The number of hydrogen-bond acceptors (Lipinski definition) is 5. The average Bonchev–Trinajstić information content (AvgIpc) is 2.81. The molecule has 32 heavy (non-hydrogen) atoms. The summed E-state index contributed by atoms with van der Waals surface area (Å²) in [5.74, 6) is 0.437. The highest BCUT2D eigenvalue weighted by Gasteiger charge is 2.25. The smallest absolute Gasteiger partial charge is 0.304 e. The second-order valence-electron chi connectivity index (χ2n) is 9.24. The van der Waals surface area contributed by atoms with E-state index in [0.29, 0.717) is 5.92 Å². The maximum Gasteiger partial charge on any atom is 0.304 e. The van der Waals surface area contributed by atoms with Crippen LogP contribution in [0.25, 0.3) is 10.8 Å². The van der Waals surface area contributed by atoms with Crippen molar-refractivity contribution < 1.29 is 14.3 Å². The Hall–Kier alpha value is -2.25. The van der Waals surface area contributed by atoms with Gasteiger partial charge >= 0.3 is 5.97 Å². The third kappa shape index (κ3) is 5.95. The molecular weight excluding hydrogens is 407 g/mol. The molecule has 1 unspecified atom stereocenters. The molecule has 1 saturated carbocycles. The van der Waals surface area contributed by atoms with Crippen LogP contribution >= 0.6 is 0 Å². The molecule has 7 heteroatoms. The number of hydrogen-bond donors (Lipinski definition) is 2. The maximum absolute atomic E-state index is 13.8. The Morgan fingerprint density at radius 3 is 2.69 bits per heavy atom. The molecule has 1 aromatic carbocycles. The van der Waals surface area contributed by atoms with Crippen LogP contribution in [0.3, 0.4) is 0 Å². The van der Waals surface area contributed by atoms with Gasteiger partial charge in [-0.2, -0.15) is 0 Å². The standard InChI is InChI=1S/C25H35FN4O2/c26-21-8-7-19-9-11-28-25(22(19)17-21)30-15-13-29(14-16-30)12-4-10-27-23(18-24(31)32)20-5-2-1-3-6-20/h7-9,11,17,20,23,27H,1-6,10,12-16,18H2,(H,31,32). The molecular formula is C25H35FN4O2. The summed E-state index contributed by atoms with van der Waals surface area (Å²) in [4.78, 5) is 20.6. The fraction of sp³-hybridized carbons (Fsp3) is 0.600. The Labute approximate surface area is 189 Å². The highest BCUT2D eigenvalue weighted by Crippen LogP contribution is 2.28. The van der Waals surface area contributed by atoms with Gasteiger partial charge in [-0.15, -0.1) is 0 Å². The number of anilines is 1. The van der Waals surface area contributed by atoms with E-state index in [2.05, 4.69) is 20.1 Å². The summed E-state index contributed by atoms with van der Waals surface area (Å²) in [7, 11) is 0. The van der Waals surface area contributed by atoms with Crippen molar-refractivity contribution in [2.45, 2.75) is 51.0 Å². The number of halogens is 1. The summed E-state index contributed by atoms with van der Waals surface area (Å²) < 4.78 is 13.8. The Bertz CT molecular complexity index is 895. The first-order chi connectivity index (χ1) is 15.6. The normalized spacial score (nSPS) is 19.3. The number of nitrogens with one attached hydrogen (secondary N) is 1. The number of aromatic nitrogens is 1. The van der Waals surface area contributed by atoms with E-state index in [0.717, 1.165) is 75.1 Å². The molecule has 2 aromatic rings. The van der Waals surface area contributed by atoms with Crippen LogP contribution in [-0.2, 0) is 4.79 Å². The van der Waals surface area contributed by atoms with E-state index in [4.69, 9.17) is 0 Å². The van der Waals surface area contributed by atoms with Gasteiger partial charge < -0.3 is 15.3 Å². The van der Waals surface area contributed by atoms with Gasteiger partial charge in [0.05, 0.1) is 6.42 Å². The molecule has 4 rings (SSSR count). The second-order valence-corrected chi connectivity index (χ2v) is 9.24. The predicted molar refractivity (Wildman–Crippen MR) is 126 cm³/mol. The van der Waals surface area contributed by atoms with Gasteiger partial charge in [0.25, 0.3) is 0 Å². The van der Waals surface area contributed by atoms with Gasteiger partial charge in [-0.1, -0.05) is 25.3 Å². The second kappa shape index (κ2) is 11.1. The molecule has 2 aliphatic rings. The van der Waals surface area contributed by atoms with Crippen LogP contribution in [0.1, 0.15) is 44.9 Å². The van der Waals surface area contributed by atoms with Crippen LogP contribution in [-0.4, -0.2) is 66.3 Å². The molecule has 0 spiro atoms. The van der Waals surface area contributed by atoms with Crippen LogP contribution in [0.2, 0.25) is 0 Å². The van der Waals surface area contributed by atoms with Crippen LogP contribution in [0.4, 0.5) is 10.2 Å². The first-order valence-electron chi connectivity index (χ1n) is 12.1. The van der Waals surface area contributed by atoms with Gasteiger partial charge in [0, 0.05) is 43.8 Å². The monoisotopic (exact) mass is 442 g/mol. The summed E-state index contributed by atoms with van der Waals surface area (Å²) in [6, 6.07) is 6.90. The van der Waals surface area contributed by atoms with E-state index in [9.17, 15) is 14.3 Å². The van der Waals surface area contributed by atoms with Crippen LogP contribution in [0.15, 0.2) is 30.5 Å². The first-order valence-corrected chi connectivity index (χ1v) is 12.1. The molecule has 174 valence electrons. The average molecular weight is 443 g/mol. The molecule has 2 N–H and O–H groups in total. The molecule has 0 amide bonds. The minimum atomic E-state index is -0.703. The molecule has 1 atom stereocenters. The Kier molecular flexibility index (Phi) is 7.92. The number of carboxylic acids is 1. The lowest BCUT2D eigenvalue weighted by Crippen LogP contribution is -2.47. The van der Waals surface area contributed by atoms with Gasteiger partial charge in [-0.05, 0) is 61.9 Å². The van der Waals surface area contributed by atoms with E-state index < -0.39 is 5.97 Å². The Morgan fingerprint density at radius 2 is 1.94 bits per heavy atom. The lowest BCUT2D eigenvalue weighted by atomic mass is 9.82. The zero-order valence-corrected chi connectivity index (χ0v) is 18.8. The molecule has 0 radical (unpaired) electrons. The topological polar surface area (TPSA) is 68.7 Å². The first kappa shape index (κ1) is 22.9. The summed E-state index contributed by atoms with van der Waals surface area (Å²) in [6.07, 6.45) is 9.08. The number of pyridine rings is 1. The van der Waals surface area contributed by atoms with Crippen molar-refractivity contribution in [3.05, 3.63) is 36.3 Å². The zero-order valence-electron chi connectivity index (χ0n) is 18.8.